The summed E-state index contributed by atoms with van der Waals surface area (Å²) in [6, 6.07) is 12.1. The number of benzene rings is 1. The Morgan fingerprint density at radius 2 is 1.90 bits per heavy atom. The summed E-state index contributed by atoms with van der Waals surface area (Å²) in [5.41, 5.74) is 0.445. The molecule has 0 aliphatic rings. The first kappa shape index (κ1) is 15.5. The van der Waals surface area contributed by atoms with Crippen LogP contribution in [0.25, 0.3) is 6.08 Å². The molecule has 1 aromatic heterocycles. The Morgan fingerprint density at radius 3 is 2.48 bits per heavy atom. The minimum absolute atomic E-state index is 0.00145. The van der Waals surface area contributed by atoms with E-state index in [-0.39, 0.29) is 18.0 Å². The van der Waals surface area contributed by atoms with Crippen molar-refractivity contribution in [2.24, 2.45) is 0 Å². The zero-order chi connectivity index (χ0) is 15.2. The van der Waals surface area contributed by atoms with Crippen molar-refractivity contribution in [3.63, 3.8) is 0 Å². The number of Topliss-reactive ketones (excluding diaryl/α,β-unsaturated/α-hetero) is 1. The van der Waals surface area contributed by atoms with Gasteiger partial charge in [0.25, 0.3) is 0 Å². The Morgan fingerprint density at radius 1 is 1.19 bits per heavy atom. The molecule has 0 saturated heterocycles. The fourth-order valence-corrected chi connectivity index (χ4v) is 2.72. The minimum atomic E-state index is -0.629. The van der Waals surface area contributed by atoms with Gasteiger partial charge in [-0.25, -0.2) is 4.79 Å². The smallest absolute Gasteiger partial charge is 0.342 e. The number of ether oxygens (including phenoxy) is 1. The molecule has 0 fully saturated rings. The maximum atomic E-state index is 12.5. The Kier molecular flexibility index (Phi) is 5.31. The SMILES string of the molecule is CCOC(=O)/C(=C\c1ccc(Cl)s1)C(=O)c1ccccc1. The predicted molar refractivity (Wildman–Crippen MR) is 84.7 cm³/mol. The molecule has 0 amide bonds. The number of rotatable bonds is 5. The van der Waals surface area contributed by atoms with Gasteiger partial charge in [0.2, 0.25) is 0 Å². The first-order valence-electron chi connectivity index (χ1n) is 6.35. The van der Waals surface area contributed by atoms with Crippen LogP contribution in [0, 0.1) is 0 Å². The lowest BCUT2D eigenvalue weighted by molar-refractivity contribution is -0.137. The van der Waals surface area contributed by atoms with Gasteiger partial charge < -0.3 is 4.74 Å². The molecule has 0 aliphatic carbocycles. The van der Waals surface area contributed by atoms with Crippen molar-refractivity contribution in [2.75, 3.05) is 6.61 Å². The van der Waals surface area contributed by atoms with Crippen LogP contribution in [0.5, 0.6) is 0 Å². The summed E-state index contributed by atoms with van der Waals surface area (Å²) in [6.07, 6.45) is 1.52. The monoisotopic (exact) mass is 320 g/mol. The van der Waals surface area contributed by atoms with E-state index >= 15 is 0 Å². The van der Waals surface area contributed by atoms with Crippen molar-refractivity contribution in [1.82, 2.24) is 0 Å². The van der Waals surface area contributed by atoms with E-state index in [1.165, 1.54) is 17.4 Å². The topological polar surface area (TPSA) is 43.4 Å². The Balaban J connectivity index is 2.39. The quantitative estimate of drug-likeness (QED) is 0.272. The van der Waals surface area contributed by atoms with Crippen LogP contribution in [0.15, 0.2) is 48.0 Å². The molecule has 21 heavy (non-hydrogen) atoms. The Labute approximate surface area is 131 Å². The number of carbonyl (C=O) groups is 2. The van der Waals surface area contributed by atoms with E-state index in [0.29, 0.717) is 9.90 Å². The highest BCUT2D eigenvalue weighted by atomic mass is 35.5. The van der Waals surface area contributed by atoms with Crippen molar-refractivity contribution in [1.29, 1.82) is 0 Å². The lowest BCUT2D eigenvalue weighted by atomic mass is 10.0. The number of esters is 1. The molecular weight excluding hydrogens is 308 g/mol. The fraction of sp³-hybridized carbons (Fsp3) is 0.125. The summed E-state index contributed by atoms with van der Waals surface area (Å²) >= 11 is 7.16. The molecule has 0 N–H and O–H groups in total. The van der Waals surface area contributed by atoms with E-state index in [0.717, 1.165) is 4.88 Å². The fourth-order valence-electron chi connectivity index (χ4n) is 1.72. The van der Waals surface area contributed by atoms with Gasteiger partial charge in [-0.1, -0.05) is 41.9 Å². The molecule has 0 spiro atoms. The van der Waals surface area contributed by atoms with Crippen LogP contribution < -0.4 is 0 Å². The Hall–Kier alpha value is -1.91. The molecule has 0 atom stereocenters. The normalized spacial score (nSPS) is 11.2. The van der Waals surface area contributed by atoms with Crippen molar-refractivity contribution in [3.8, 4) is 0 Å². The minimum Gasteiger partial charge on any atom is -0.462 e. The van der Waals surface area contributed by atoms with E-state index < -0.39 is 5.97 Å². The van der Waals surface area contributed by atoms with Gasteiger partial charge in [0.15, 0.2) is 5.78 Å². The van der Waals surface area contributed by atoms with Crippen molar-refractivity contribution in [3.05, 3.63) is 62.8 Å². The highest BCUT2D eigenvalue weighted by molar-refractivity contribution is 7.17. The predicted octanol–water partition coefficient (Wildman–Crippen LogP) is 4.23. The second-order valence-corrected chi connectivity index (χ2v) is 5.86. The number of carbonyl (C=O) groups excluding carboxylic acids is 2. The molecule has 1 aromatic carbocycles. The number of halogens is 1. The van der Waals surface area contributed by atoms with Gasteiger partial charge in [-0.3, -0.25) is 4.79 Å². The van der Waals surface area contributed by atoms with Crippen molar-refractivity contribution < 1.29 is 14.3 Å². The van der Waals surface area contributed by atoms with Crippen LogP contribution >= 0.6 is 22.9 Å². The summed E-state index contributed by atoms with van der Waals surface area (Å²) in [5, 5.41) is 0. The lowest BCUT2D eigenvalue weighted by Gasteiger charge is -2.06. The highest BCUT2D eigenvalue weighted by Gasteiger charge is 2.21. The standard InChI is InChI=1S/C16H13ClO3S/c1-2-20-16(19)13(10-12-8-9-14(17)21-12)15(18)11-6-4-3-5-7-11/h3-10H,2H2,1H3/b13-10-. The maximum Gasteiger partial charge on any atom is 0.342 e. The molecule has 0 saturated carbocycles. The summed E-state index contributed by atoms with van der Waals surface area (Å²) in [5.74, 6) is -0.991. The molecule has 1 heterocycles. The third-order valence-corrected chi connectivity index (χ3v) is 3.83. The third kappa shape index (κ3) is 4.03. The van der Waals surface area contributed by atoms with Crippen LogP contribution in [-0.2, 0) is 9.53 Å². The van der Waals surface area contributed by atoms with Gasteiger partial charge in [0.05, 0.1) is 10.9 Å². The van der Waals surface area contributed by atoms with Crippen LogP contribution in [0.1, 0.15) is 22.2 Å². The molecule has 0 aliphatic heterocycles. The summed E-state index contributed by atoms with van der Waals surface area (Å²) in [7, 11) is 0. The number of hydrogen-bond donors (Lipinski definition) is 0. The maximum absolute atomic E-state index is 12.5. The average Bonchev–Trinajstić information content (AvgIpc) is 2.90. The summed E-state index contributed by atoms with van der Waals surface area (Å²) < 4.78 is 5.56. The van der Waals surface area contributed by atoms with E-state index in [1.54, 1.807) is 43.3 Å². The molecule has 3 nitrogen and oxygen atoms in total. The first-order valence-corrected chi connectivity index (χ1v) is 7.55. The molecule has 2 aromatic rings. The second-order valence-electron chi connectivity index (χ2n) is 4.12. The van der Waals surface area contributed by atoms with Crippen LogP contribution in [0.4, 0.5) is 0 Å². The molecule has 108 valence electrons. The highest BCUT2D eigenvalue weighted by Crippen LogP contribution is 2.24. The second kappa shape index (κ2) is 7.20. The summed E-state index contributed by atoms with van der Waals surface area (Å²) in [6.45, 7) is 1.91. The van der Waals surface area contributed by atoms with Crippen molar-refractivity contribution >= 4 is 40.8 Å². The molecule has 0 bridgehead atoms. The zero-order valence-corrected chi connectivity index (χ0v) is 12.9. The van der Waals surface area contributed by atoms with Crippen LogP contribution in [0.2, 0.25) is 4.34 Å². The van der Waals surface area contributed by atoms with Crippen LogP contribution in [0.3, 0.4) is 0 Å². The molecule has 0 unspecified atom stereocenters. The number of hydrogen-bond acceptors (Lipinski definition) is 4. The van der Waals surface area contributed by atoms with Gasteiger partial charge in [-0.05, 0) is 25.1 Å². The largest absolute Gasteiger partial charge is 0.462 e. The van der Waals surface area contributed by atoms with Gasteiger partial charge in [0.1, 0.15) is 5.57 Å². The van der Waals surface area contributed by atoms with E-state index in [9.17, 15) is 9.59 Å². The van der Waals surface area contributed by atoms with E-state index in [2.05, 4.69) is 0 Å². The van der Waals surface area contributed by atoms with Gasteiger partial charge in [-0.15, -0.1) is 11.3 Å². The van der Waals surface area contributed by atoms with Crippen molar-refractivity contribution in [2.45, 2.75) is 6.92 Å². The zero-order valence-electron chi connectivity index (χ0n) is 11.3. The first-order chi connectivity index (χ1) is 10.1. The molecule has 2 rings (SSSR count). The molecular formula is C16H13ClO3S. The van der Waals surface area contributed by atoms with Crippen LogP contribution in [-0.4, -0.2) is 18.4 Å². The average molecular weight is 321 g/mol. The van der Waals surface area contributed by atoms with E-state index in [4.69, 9.17) is 16.3 Å². The van der Waals surface area contributed by atoms with E-state index in [1.807, 2.05) is 6.07 Å². The Bertz CT molecular complexity index is 674. The number of thiophene rings is 1. The number of ketones is 1. The van der Waals surface area contributed by atoms with Gasteiger partial charge >= 0.3 is 5.97 Å². The van der Waals surface area contributed by atoms with Gasteiger partial charge in [0, 0.05) is 10.4 Å². The third-order valence-electron chi connectivity index (χ3n) is 2.66. The summed E-state index contributed by atoms with van der Waals surface area (Å²) in [4.78, 5) is 25.2. The van der Waals surface area contributed by atoms with Gasteiger partial charge in [-0.2, -0.15) is 0 Å². The lowest BCUT2D eigenvalue weighted by Crippen LogP contribution is -2.16. The molecule has 0 radical (unpaired) electrons. The molecule has 5 heteroatoms.